The SMILES string of the molecule is c1ccc(B2c3ccccc3Oc3c2ccc2c3-c3cc(-n4c5ccccc5c5cc6c(cc54)oc4ccccc46)ccc3C23c2ccc(-n4c5ccccc5c5cc6oc7ccccc7c6cc54)cc2-c2c3ccc3c2Oc2ccccc2B3c2ccccc2)cc1. The smallest absolute Gasteiger partial charge is 0.250 e. The van der Waals surface area contributed by atoms with Crippen molar-refractivity contribution in [3.63, 3.8) is 0 Å². The first-order valence-corrected chi connectivity index (χ1v) is 32.1. The number of hydrogen-bond donors (Lipinski definition) is 0. The monoisotopic (exact) mass is 1180 g/mol. The minimum Gasteiger partial charge on any atom is -0.458 e. The molecule has 1 unspecified atom stereocenters. The van der Waals surface area contributed by atoms with E-state index < -0.39 is 5.41 Å². The maximum atomic E-state index is 7.60. The Morgan fingerprint density at radius 1 is 0.269 bits per heavy atom. The Bertz CT molecular complexity index is 6350. The molecular formula is C85H48B2N2O4. The van der Waals surface area contributed by atoms with Crippen LogP contribution in [0.4, 0.5) is 0 Å². The van der Waals surface area contributed by atoms with Gasteiger partial charge in [-0.2, -0.15) is 0 Å². The minimum atomic E-state index is -0.856. The average Bonchev–Trinajstić information content (AvgIpc) is 1.50. The van der Waals surface area contributed by atoms with Gasteiger partial charge < -0.3 is 27.4 Å². The molecule has 6 nitrogen and oxygen atoms in total. The molecule has 4 aliphatic rings. The second-order valence-corrected chi connectivity index (χ2v) is 25.6. The van der Waals surface area contributed by atoms with Crippen molar-refractivity contribution in [2.75, 3.05) is 0 Å². The molecule has 1 atom stereocenters. The van der Waals surface area contributed by atoms with Crippen molar-refractivity contribution in [1.29, 1.82) is 0 Å². The third-order valence-corrected chi connectivity index (χ3v) is 21.2. The summed E-state index contributed by atoms with van der Waals surface area (Å²) in [5, 5.41) is 9.06. The van der Waals surface area contributed by atoms with Gasteiger partial charge in [0.25, 0.3) is 13.4 Å². The predicted octanol–water partition coefficient (Wildman–Crippen LogP) is 17.3. The van der Waals surface area contributed by atoms with Crippen molar-refractivity contribution in [3.05, 3.63) is 313 Å². The number of hydrogen-bond acceptors (Lipinski definition) is 4. The molecule has 0 saturated carbocycles. The Labute approximate surface area is 533 Å². The number of nitrogens with zero attached hydrogens (tertiary/aromatic N) is 2. The van der Waals surface area contributed by atoms with E-state index in [-0.39, 0.29) is 13.4 Å². The van der Waals surface area contributed by atoms with E-state index in [9.17, 15) is 0 Å². The summed E-state index contributed by atoms with van der Waals surface area (Å²) in [4.78, 5) is 0. The number of ether oxygens (including phenoxy) is 2. The number of aromatic nitrogens is 2. The van der Waals surface area contributed by atoms with Crippen LogP contribution in [-0.4, -0.2) is 22.6 Å². The van der Waals surface area contributed by atoms with Gasteiger partial charge in [-0.3, -0.25) is 0 Å². The zero-order valence-electron chi connectivity index (χ0n) is 49.9. The molecule has 22 rings (SSSR count). The van der Waals surface area contributed by atoms with Crippen LogP contribution >= 0.6 is 0 Å². The quantitative estimate of drug-likeness (QED) is 0.165. The summed E-state index contributed by atoms with van der Waals surface area (Å²) >= 11 is 0. The summed E-state index contributed by atoms with van der Waals surface area (Å²) < 4.78 is 33.4. The molecular weight excluding hydrogens is 1130 g/mol. The molecule has 18 aromatic rings. The Morgan fingerprint density at radius 2 is 0.688 bits per heavy atom. The summed E-state index contributed by atoms with van der Waals surface area (Å²) in [6.45, 7) is -0.172. The van der Waals surface area contributed by atoms with Crippen LogP contribution in [0.2, 0.25) is 0 Å². The van der Waals surface area contributed by atoms with Gasteiger partial charge in [-0.05, 0) is 134 Å². The standard InChI is InChI=1S/C85H48B2N2O4/c1-3-19-49(20-4-1)86-67-27-11-17-33-77(67)92-83-69(86)41-39-65-81(83)61-43-51(88-72-30-14-8-24-54(72)58-47-79-60(46-73(58)88)56-26-10-16-32-76(56)90-79)35-37-63(61)85(65)64-38-36-52(89-71-29-13-7-23-53(71)57-45-59-55-25-9-15-31-75(55)91-80(59)48-74(57)89)44-62(64)82-66(85)40-42-70-84(82)93-78-34-18-12-28-68(78)87(70)50-21-5-2-6-22-50/h1-48H. The van der Waals surface area contributed by atoms with Gasteiger partial charge in [-0.15, -0.1) is 0 Å². The normalized spacial score (nSPS) is 14.8. The van der Waals surface area contributed by atoms with Crippen LogP contribution < -0.4 is 42.3 Å². The van der Waals surface area contributed by atoms with Crippen molar-refractivity contribution in [1.82, 2.24) is 9.13 Å². The van der Waals surface area contributed by atoms with Gasteiger partial charge in [-0.25, -0.2) is 0 Å². The molecule has 0 N–H and O–H groups in total. The van der Waals surface area contributed by atoms with E-state index in [1.807, 2.05) is 12.1 Å². The van der Waals surface area contributed by atoms with Gasteiger partial charge in [0.1, 0.15) is 45.3 Å². The third kappa shape index (κ3) is 6.49. The molecule has 93 heavy (non-hydrogen) atoms. The summed E-state index contributed by atoms with van der Waals surface area (Å²) in [6.07, 6.45) is 0. The van der Waals surface area contributed by atoms with E-state index in [1.165, 1.54) is 44.0 Å². The fourth-order valence-corrected chi connectivity index (χ4v) is 17.4. The van der Waals surface area contributed by atoms with Gasteiger partial charge in [0.2, 0.25) is 0 Å². The number of para-hydroxylation sites is 6. The van der Waals surface area contributed by atoms with Gasteiger partial charge in [0.05, 0.1) is 27.5 Å². The number of rotatable bonds is 4. The second-order valence-electron chi connectivity index (χ2n) is 25.6. The summed E-state index contributed by atoms with van der Waals surface area (Å²) in [5.74, 6) is 3.48. The highest BCUT2D eigenvalue weighted by Crippen LogP contribution is 2.66. The van der Waals surface area contributed by atoms with Crippen LogP contribution in [0.1, 0.15) is 22.3 Å². The van der Waals surface area contributed by atoms with E-state index in [0.717, 1.165) is 155 Å². The third-order valence-electron chi connectivity index (χ3n) is 21.2. The lowest BCUT2D eigenvalue weighted by Crippen LogP contribution is -2.55. The van der Waals surface area contributed by atoms with Gasteiger partial charge in [-0.1, -0.05) is 217 Å². The van der Waals surface area contributed by atoms with Crippen LogP contribution in [0.15, 0.2) is 300 Å². The molecule has 0 radical (unpaired) electrons. The molecule has 0 bridgehead atoms. The van der Waals surface area contributed by atoms with Crippen molar-refractivity contribution in [2.45, 2.75) is 5.41 Å². The fraction of sp³-hybridized carbons (Fsp3) is 0.0118. The van der Waals surface area contributed by atoms with Crippen molar-refractivity contribution >= 4 is 134 Å². The van der Waals surface area contributed by atoms with E-state index in [1.54, 1.807) is 0 Å². The first kappa shape index (κ1) is 49.8. The van der Waals surface area contributed by atoms with E-state index in [4.69, 9.17) is 18.3 Å². The van der Waals surface area contributed by atoms with Crippen LogP contribution in [0.5, 0.6) is 23.0 Å². The first-order chi connectivity index (χ1) is 46.1. The zero-order chi connectivity index (χ0) is 60.4. The molecule has 0 amide bonds. The molecule has 2 aliphatic heterocycles. The molecule has 0 fully saturated rings. The van der Waals surface area contributed by atoms with Gasteiger partial charge in [0, 0.05) is 71.7 Å². The molecule has 6 heterocycles. The maximum absolute atomic E-state index is 7.60. The topological polar surface area (TPSA) is 54.6 Å². The lowest BCUT2D eigenvalue weighted by molar-refractivity contribution is 0.488. The van der Waals surface area contributed by atoms with Crippen LogP contribution in [0.3, 0.4) is 0 Å². The summed E-state index contributed by atoms with van der Waals surface area (Å²) in [5.41, 5.74) is 25.3. The molecule has 2 aliphatic carbocycles. The number of benzene rings is 14. The molecule has 1 spiro atoms. The van der Waals surface area contributed by atoms with E-state index in [0.29, 0.717) is 0 Å². The van der Waals surface area contributed by atoms with Gasteiger partial charge in [0.15, 0.2) is 0 Å². The summed E-state index contributed by atoms with van der Waals surface area (Å²) in [6, 6.07) is 107. The van der Waals surface area contributed by atoms with Crippen LogP contribution in [-0.2, 0) is 5.41 Å². The lowest BCUT2D eigenvalue weighted by Gasteiger charge is -2.33. The van der Waals surface area contributed by atoms with E-state index in [2.05, 4.69) is 288 Å². The molecule has 8 heteroatoms. The Balaban J connectivity index is 0.861. The highest BCUT2D eigenvalue weighted by atomic mass is 16.5. The lowest BCUT2D eigenvalue weighted by atomic mass is 9.35. The average molecular weight is 1180 g/mol. The highest BCUT2D eigenvalue weighted by molar-refractivity contribution is 6.97. The molecule has 4 aromatic heterocycles. The van der Waals surface area contributed by atoms with Crippen molar-refractivity contribution in [3.8, 4) is 56.6 Å². The van der Waals surface area contributed by atoms with Crippen molar-refractivity contribution < 1.29 is 18.3 Å². The Kier molecular flexibility index (Phi) is 9.71. The van der Waals surface area contributed by atoms with E-state index >= 15 is 0 Å². The predicted molar refractivity (Wildman–Crippen MR) is 381 cm³/mol. The maximum Gasteiger partial charge on any atom is 0.250 e. The van der Waals surface area contributed by atoms with Crippen molar-refractivity contribution in [2.24, 2.45) is 0 Å². The Hall–Kier alpha value is -12.0. The number of furan rings is 2. The fourth-order valence-electron chi connectivity index (χ4n) is 17.4. The first-order valence-electron chi connectivity index (χ1n) is 32.1. The van der Waals surface area contributed by atoms with Crippen LogP contribution in [0.25, 0.3) is 121 Å². The highest BCUT2D eigenvalue weighted by Gasteiger charge is 2.56. The molecule has 14 aromatic carbocycles. The Morgan fingerprint density at radius 3 is 1.23 bits per heavy atom. The largest absolute Gasteiger partial charge is 0.458 e. The zero-order valence-corrected chi connectivity index (χ0v) is 49.9. The molecule has 0 saturated heterocycles. The molecule has 428 valence electrons. The van der Waals surface area contributed by atoms with Gasteiger partial charge >= 0.3 is 0 Å². The van der Waals surface area contributed by atoms with Crippen LogP contribution in [0, 0.1) is 0 Å². The number of fused-ring (bicyclic) bond motifs is 28. The summed E-state index contributed by atoms with van der Waals surface area (Å²) in [7, 11) is 0. The second kappa shape index (κ2) is 18.1. The minimum absolute atomic E-state index is 0.0858.